The van der Waals surface area contributed by atoms with Crippen molar-refractivity contribution in [3.8, 4) is 0 Å². The van der Waals surface area contributed by atoms with Gasteiger partial charge >= 0.3 is 5.97 Å². The van der Waals surface area contributed by atoms with Crippen LogP contribution in [0.5, 0.6) is 0 Å². The second kappa shape index (κ2) is 10.4. The maximum absolute atomic E-state index is 13.4. The number of esters is 1. The zero-order chi connectivity index (χ0) is 26.9. The highest BCUT2D eigenvalue weighted by molar-refractivity contribution is 7.89. The third-order valence-corrected chi connectivity index (χ3v) is 7.76. The number of furan rings is 1. The van der Waals surface area contributed by atoms with Crippen LogP contribution in [-0.2, 0) is 30.9 Å². The van der Waals surface area contributed by atoms with Crippen LogP contribution in [0.4, 0.5) is 5.69 Å². The predicted molar refractivity (Wildman–Crippen MR) is 140 cm³/mol. The summed E-state index contributed by atoms with van der Waals surface area (Å²) in [4.78, 5) is 27.6. The van der Waals surface area contributed by atoms with Gasteiger partial charge in [-0.1, -0.05) is 35.4 Å². The molecule has 0 spiro atoms. The first-order valence-corrected chi connectivity index (χ1v) is 13.1. The van der Waals surface area contributed by atoms with Crippen LogP contribution < -0.4 is 9.62 Å². The predicted octanol–water partition coefficient (Wildman–Crippen LogP) is 4.91. The van der Waals surface area contributed by atoms with Crippen LogP contribution in [0.3, 0.4) is 0 Å². The average Bonchev–Trinajstić information content (AvgIpc) is 3.41. The van der Waals surface area contributed by atoms with E-state index < -0.39 is 21.9 Å². The normalized spacial score (nSPS) is 15.1. The SMILES string of the molecule is COC(=O)C1=C(C)N(c2ccc(C)c(Cl)c2)C(=O)/C1=C/c1ccc(CNS(=O)(=O)c2ccc(C)cc2)o1. The van der Waals surface area contributed by atoms with E-state index in [-0.39, 0.29) is 28.3 Å². The molecule has 192 valence electrons. The largest absolute Gasteiger partial charge is 0.465 e. The molecule has 0 radical (unpaired) electrons. The number of allylic oxidation sites excluding steroid dienone is 1. The molecule has 1 aromatic heterocycles. The van der Waals surface area contributed by atoms with E-state index in [1.54, 1.807) is 49.4 Å². The van der Waals surface area contributed by atoms with Gasteiger partial charge in [-0.15, -0.1) is 0 Å². The Morgan fingerprint density at radius 3 is 2.43 bits per heavy atom. The minimum atomic E-state index is -3.74. The van der Waals surface area contributed by atoms with Gasteiger partial charge < -0.3 is 9.15 Å². The van der Waals surface area contributed by atoms with Crippen molar-refractivity contribution in [2.75, 3.05) is 12.0 Å². The number of halogens is 1. The Balaban J connectivity index is 1.61. The Morgan fingerprint density at radius 2 is 1.78 bits per heavy atom. The van der Waals surface area contributed by atoms with Gasteiger partial charge in [-0.3, -0.25) is 9.69 Å². The van der Waals surface area contributed by atoms with Crippen molar-refractivity contribution in [2.24, 2.45) is 0 Å². The van der Waals surface area contributed by atoms with Crippen molar-refractivity contribution in [3.05, 3.63) is 99.1 Å². The Kier molecular flexibility index (Phi) is 7.40. The lowest BCUT2D eigenvalue weighted by Crippen LogP contribution is -2.24. The average molecular weight is 541 g/mol. The van der Waals surface area contributed by atoms with Gasteiger partial charge in [0, 0.05) is 10.7 Å². The molecule has 4 rings (SSSR count). The van der Waals surface area contributed by atoms with Gasteiger partial charge in [0.05, 0.1) is 35.4 Å². The number of rotatable bonds is 7. The number of amides is 1. The van der Waals surface area contributed by atoms with E-state index >= 15 is 0 Å². The monoisotopic (exact) mass is 540 g/mol. The lowest BCUT2D eigenvalue weighted by Gasteiger charge is -2.18. The van der Waals surface area contributed by atoms with Gasteiger partial charge in [0.2, 0.25) is 10.0 Å². The molecule has 1 N–H and O–H groups in total. The molecule has 0 saturated carbocycles. The first-order chi connectivity index (χ1) is 17.5. The fraction of sp³-hybridized carbons (Fsp3) is 0.185. The molecule has 0 unspecified atom stereocenters. The number of benzene rings is 2. The number of hydrogen-bond donors (Lipinski definition) is 1. The second-order valence-electron chi connectivity index (χ2n) is 8.53. The highest BCUT2D eigenvalue weighted by atomic mass is 35.5. The van der Waals surface area contributed by atoms with Crippen LogP contribution in [0.1, 0.15) is 29.6 Å². The Bertz CT molecular complexity index is 1550. The molecular weight excluding hydrogens is 516 g/mol. The smallest absolute Gasteiger partial charge is 0.340 e. The maximum Gasteiger partial charge on any atom is 0.340 e. The highest BCUT2D eigenvalue weighted by Crippen LogP contribution is 2.37. The fourth-order valence-corrected chi connectivity index (χ4v) is 5.06. The molecule has 2 aromatic carbocycles. The van der Waals surface area contributed by atoms with E-state index in [1.807, 2.05) is 13.8 Å². The van der Waals surface area contributed by atoms with E-state index in [1.165, 1.54) is 30.2 Å². The molecule has 0 saturated heterocycles. The first-order valence-electron chi connectivity index (χ1n) is 11.3. The third-order valence-electron chi connectivity index (χ3n) is 5.94. The summed E-state index contributed by atoms with van der Waals surface area (Å²) in [7, 11) is -2.50. The van der Waals surface area contributed by atoms with Crippen molar-refractivity contribution in [3.63, 3.8) is 0 Å². The van der Waals surface area contributed by atoms with E-state index in [9.17, 15) is 18.0 Å². The third kappa shape index (κ3) is 5.39. The number of nitrogens with one attached hydrogen (secondary N) is 1. The van der Waals surface area contributed by atoms with E-state index in [4.69, 9.17) is 20.8 Å². The summed E-state index contributed by atoms with van der Waals surface area (Å²) >= 11 is 6.27. The number of ether oxygens (including phenoxy) is 1. The summed E-state index contributed by atoms with van der Waals surface area (Å²) < 4.78 is 38.3. The summed E-state index contributed by atoms with van der Waals surface area (Å²) in [6.07, 6.45) is 1.44. The Hall–Kier alpha value is -3.66. The minimum Gasteiger partial charge on any atom is -0.465 e. The number of aryl methyl sites for hydroxylation is 2. The van der Waals surface area contributed by atoms with Gasteiger partial charge in [-0.05, 0) is 68.8 Å². The fourth-order valence-electron chi connectivity index (χ4n) is 3.89. The van der Waals surface area contributed by atoms with Gasteiger partial charge in [-0.25, -0.2) is 17.9 Å². The first kappa shape index (κ1) is 26.4. The zero-order valence-electron chi connectivity index (χ0n) is 20.7. The number of sulfonamides is 1. The molecule has 10 heteroatoms. The number of methoxy groups -OCH3 is 1. The van der Waals surface area contributed by atoms with E-state index in [2.05, 4.69) is 4.72 Å². The number of carbonyl (C=O) groups is 2. The minimum absolute atomic E-state index is 0.0854. The van der Waals surface area contributed by atoms with Gasteiger partial charge in [0.15, 0.2) is 0 Å². The standard InChI is InChI=1S/C27H25ClN2O6S/c1-16-5-11-22(12-6-16)37(33,34)29-15-21-10-9-20(36-21)14-23-25(27(32)35-4)18(3)30(26(23)31)19-8-7-17(2)24(28)13-19/h5-14,29H,15H2,1-4H3/b23-14+. The quantitative estimate of drug-likeness (QED) is 0.337. The molecule has 0 bridgehead atoms. The molecule has 2 heterocycles. The molecule has 0 fully saturated rings. The van der Waals surface area contributed by atoms with Crippen LogP contribution in [0.15, 0.2) is 80.8 Å². The van der Waals surface area contributed by atoms with Crippen molar-refractivity contribution in [2.45, 2.75) is 32.2 Å². The molecule has 1 amide bonds. The topological polar surface area (TPSA) is 106 Å². The van der Waals surface area contributed by atoms with E-state index in [0.29, 0.717) is 22.2 Å². The molecular formula is C27H25ClN2O6S. The van der Waals surface area contributed by atoms with Crippen LogP contribution in [0, 0.1) is 13.8 Å². The summed E-state index contributed by atoms with van der Waals surface area (Å²) in [5.74, 6) is -0.521. The van der Waals surface area contributed by atoms with Gasteiger partial charge in [0.25, 0.3) is 5.91 Å². The lowest BCUT2D eigenvalue weighted by atomic mass is 10.1. The molecule has 37 heavy (non-hydrogen) atoms. The molecule has 8 nitrogen and oxygen atoms in total. The summed E-state index contributed by atoms with van der Waals surface area (Å²) in [5, 5.41) is 0.485. The van der Waals surface area contributed by atoms with Crippen molar-refractivity contribution < 1.29 is 27.2 Å². The number of nitrogens with zero attached hydrogens (tertiary/aromatic N) is 1. The lowest BCUT2D eigenvalue weighted by molar-refractivity contribution is -0.136. The Labute approximate surface area is 220 Å². The van der Waals surface area contributed by atoms with Gasteiger partial charge in [-0.2, -0.15) is 0 Å². The van der Waals surface area contributed by atoms with Crippen LogP contribution >= 0.6 is 11.6 Å². The maximum atomic E-state index is 13.4. The zero-order valence-corrected chi connectivity index (χ0v) is 22.2. The van der Waals surface area contributed by atoms with Crippen molar-refractivity contribution in [1.29, 1.82) is 0 Å². The van der Waals surface area contributed by atoms with Crippen LogP contribution in [0.25, 0.3) is 6.08 Å². The summed E-state index contributed by atoms with van der Waals surface area (Å²) in [5.41, 5.74) is 2.88. The summed E-state index contributed by atoms with van der Waals surface area (Å²) in [6.45, 7) is 5.27. The molecule has 0 aliphatic carbocycles. The second-order valence-corrected chi connectivity index (χ2v) is 10.7. The van der Waals surface area contributed by atoms with Crippen LogP contribution in [0.2, 0.25) is 5.02 Å². The Morgan fingerprint density at radius 1 is 1.08 bits per heavy atom. The van der Waals surface area contributed by atoms with Crippen LogP contribution in [-0.4, -0.2) is 27.4 Å². The number of carbonyl (C=O) groups excluding carboxylic acids is 2. The molecule has 1 aliphatic heterocycles. The van der Waals surface area contributed by atoms with E-state index in [0.717, 1.165) is 11.1 Å². The van der Waals surface area contributed by atoms with Crippen molar-refractivity contribution >= 4 is 45.3 Å². The molecule has 0 atom stereocenters. The van der Waals surface area contributed by atoms with Gasteiger partial charge in [0.1, 0.15) is 11.5 Å². The number of hydrogen-bond acceptors (Lipinski definition) is 6. The highest BCUT2D eigenvalue weighted by Gasteiger charge is 2.38. The number of anilines is 1. The molecule has 1 aliphatic rings. The molecule has 3 aromatic rings. The summed E-state index contributed by atoms with van der Waals surface area (Å²) in [6, 6.07) is 14.8. The van der Waals surface area contributed by atoms with Crippen molar-refractivity contribution in [1.82, 2.24) is 4.72 Å².